The van der Waals surface area contributed by atoms with Gasteiger partial charge in [0.1, 0.15) is 6.29 Å². The molecule has 0 aromatic heterocycles. The number of Topliss-reactive ketones (excluding diaryl/α,β-unsaturated/α-hetero) is 2. The SMILES string of the molecule is CC1(C)C2CCC1(C=O)C(=O)C2=O.O=C1NC(=O)C(S)C(=O)N1. The van der Waals surface area contributed by atoms with E-state index in [1.54, 1.807) is 0 Å². The molecule has 1 heterocycles. The van der Waals surface area contributed by atoms with Crippen LogP contribution in [0.4, 0.5) is 4.79 Å². The molecule has 124 valence electrons. The number of hydrogen-bond donors (Lipinski definition) is 3. The first-order chi connectivity index (χ1) is 10.6. The summed E-state index contributed by atoms with van der Waals surface area (Å²) in [5.74, 6) is -2.37. The minimum atomic E-state index is -1.07. The molecule has 3 aliphatic rings. The van der Waals surface area contributed by atoms with Crippen molar-refractivity contribution in [1.82, 2.24) is 10.6 Å². The van der Waals surface area contributed by atoms with Crippen LogP contribution in [0.2, 0.25) is 0 Å². The van der Waals surface area contributed by atoms with Crippen molar-refractivity contribution in [3.05, 3.63) is 0 Å². The molecule has 2 aliphatic carbocycles. The van der Waals surface area contributed by atoms with Gasteiger partial charge in [-0.15, -0.1) is 0 Å². The average Bonchev–Trinajstić information content (AvgIpc) is 2.81. The zero-order valence-electron chi connectivity index (χ0n) is 12.5. The van der Waals surface area contributed by atoms with Crippen LogP contribution in [-0.4, -0.2) is 40.9 Å². The number of thiol groups is 1. The van der Waals surface area contributed by atoms with Crippen LogP contribution in [0.15, 0.2) is 0 Å². The van der Waals surface area contributed by atoms with Crippen molar-refractivity contribution >= 4 is 48.3 Å². The summed E-state index contributed by atoms with van der Waals surface area (Å²) in [7, 11) is 0. The highest BCUT2D eigenvalue weighted by molar-refractivity contribution is 7.82. The second kappa shape index (κ2) is 5.55. The number of fused-ring (bicyclic) bond motifs is 2. The molecule has 0 radical (unpaired) electrons. The first kappa shape index (κ1) is 17.3. The van der Waals surface area contributed by atoms with Gasteiger partial charge in [0.05, 0.1) is 5.41 Å². The highest BCUT2D eigenvalue weighted by Gasteiger charge is 2.69. The molecule has 2 N–H and O–H groups in total. The van der Waals surface area contributed by atoms with Crippen molar-refractivity contribution in [2.45, 2.75) is 31.9 Å². The van der Waals surface area contributed by atoms with Gasteiger partial charge in [-0.2, -0.15) is 12.6 Å². The number of imide groups is 2. The fraction of sp³-hybridized carbons (Fsp3) is 0.571. The summed E-state index contributed by atoms with van der Waals surface area (Å²) in [5.41, 5.74) is -1.45. The second-order valence-corrected chi connectivity index (χ2v) is 6.82. The van der Waals surface area contributed by atoms with Crippen LogP contribution < -0.4 is 10.6 Å². The lowest BCUT2D eigenvalue weighted by molar-refractivity contribution is -0.144. The van der Waals surface area contributed by atoms with E-state index >= 15 is 0 Å². The van der Waals surface area contributed by atoms with E-state index in [4.69, 9.17) is 0 Å². The van der Waals surface area contributed by atoms with Gasteiger partial charge in [0.2, 0.25) is 23.4 Å². The molecule has 1 aliphatic heterocycles. The number of barbiturate groups is 1. The normalized spacial score (nSPS) is 32.1. The molecule has 3 rings (SSSR count). The first-order valence-electron chi connectivity index (χ1n) is 6.97. The molecular formula is C14H16N2O6S. The van der Waals surface area contributed by atoms with Gasteiger partial charge in [-0.1, -0.05) is 13.8 Å². The van der Waals surface area contributed by atoms with Crippen molar-refractivity contribution in [1.29, 1.82) is 0 Å². The molecule has 9 heteroatoms. The number of nitrogens with one attached hydrogen (secondary N) is 2. The zero-order chi connectivity index (χ0) is 17.6. The lowest BCUT2D eigenvalue weighted by Crippen LogP contribution is -2.56. The molecule has 2 atom stereocenters. The lowest BCUT2D eigenvalue weighted by Gasteiger charge is -2.29. The summed E-state index contributed by atoms with van der Waals surface area (Å²) < 4.78 is 0. The van der Waals surface area contributed by atoms with Crippen LogP contribution in [-0.2, 0) is 24.0 Å². The molecule has 0 aromatic rings. The fourth-order valence-electron chi connectivity index (χ4n) is 3.38. The van der Waals surface area contributed by atoms with Crippen LogP contribution in [0.25, 0.3) is 0 Å². The Morgan fingerprint density at radius 2 is 1.61 bits per heavy atom. The maximum atomic E-state index is 11.6. The van der Waals surface area contributed by atoms with Crippen LogP contribution in [0.3, 0.4) is 0 Å². The van der Waals surface area contributed by atoms with Crippen LogP contribution in [0.1, 0.15) is 26.7 Å². The minimum Gasteiger partial charge on any atom is -0.302 e. The molecule has 3 fully saturated rings. The summed E-state index contributed by atoms with van der Waals surface area (Å²) in [6.07, 6.45) is 1.94. The van der Waals surface area contributed by atoms with E-state index in [0.29, 0.717) is 19.1 Å². The van der Waals surface area contributed by atoms with Crippen LogP contribution in [0, 0.1) is 16.7 Å². The Kier molecular flexibility index (Phi) is 4.18. The summed E-state index contributed by atoms with van der Waals surface area (Å²) in [4.78, 5) is 65.4. The van der Waals surface area contributed by atoms with Gasteiger partial charge in [-0.05, 0) is 18.3 Å². The number of carbonyl (C=O) groups is 6. The molecule has 4 amide bonds. The largest absolute Gasteiger partial charge is 0.328 e. The van der Waals surface area contributed by atoms with Crippen molar-refractivity contribution in [3.63, 3.8) is 0 Å². The number of rotatable bonds is 1. The minimum absolute atomic E-state index is 0.217. The molecule has 2 unspecified atom stereocenters. The van der Waals surface area contributed by atoms with Gasteiger partial charge in [-0.3, -0.25) is 29.8 Å². The van der Waals surface area contributed by atoms with E-state index < -0.39 is 39.7 Å². The van der Waals surface area contributed by atoms with Gasteiger partial charge in [-0.25, -0.2) is 4.79 Å². The number of aldehydes is 1. The van der Waals surface area contributed by atoms with Gasteiger partial charge in [0, 0.05) is 5.92 Å². The third-order valence-electron chi connectivity index (χ3n) is 4.97. The van der Waals surface area contributed by atoms with E-state index in [1.165, 1.54) is 0 Å². The molecule has 23 heavy (non-hydrogen) atoms. The molecular weight excluding hydrogens is 324 g/mol. The summed E-state index contributed by atoms with van der Waals surface area (Å²) >= 11 is 3.62. The molecule has 8 nitrogen and oxygen atoms in total. The monoisotopic (exact) mass is 340 g/mol. The van der Waals surface area contributed by atoms with Crippen molar-refractivity contribution < 1.29 is 28.8 Å². The summed E-state index contributed by atoms with van der Waals surface area (Å²) in [6.45, 7) is 3.70. The average molecular weight is 340 g/mol. The Morgan fingerprint density at radius 3 is 1.96 bits per heavy atom. The predicted octanol–water partition coefficient (Wildman–Crippen LogP) is -0.589. The highest BCUT2D eigenvalue weighted by Crippen LogP contribution is 2.61. The van der Waals surface area contributed by atoms with E-state index in [0.717, 1.165) is 0 Å². The topological polar surface area (TPSA) is 126 Å². The molecule has 0 aromatic carbocycles. The van der Waals surface area contributed by atoms with Crippen molar-refractivity contribution in [2.75, 3.05) is 0 Å². The third-order valence-corrected chi connectivity index (χ3v) is 5.43. The number of amides is 4. The van der Waals surface area contributed by atoms with Gasteiger partial charge >= 0.3 is 6.03 Å². The Labute approximate surface area is 137 Å². The number of urea groups is 1. The van der Waals surface area contributed by atoms with Crippen LogP contribution >= 0.6 is 12.6 Å². The standard InChI is InChI=1S/C10H12O3.C4H4N2O3S/c1-9(2)6-3-4-10(9,5-11)8(13)7(6)12;7-2-1(10)3(8)6-4(9)5-2/h5-6H,3-4H2,1-2H3;1,10H,(H2,5,6,7,8,9). The van der Waals surface area contributed by atoms with Crippen molar-refractivity contribution in [2.24, 2.45) is 16.7 Å². The molecule has 1 saturated heterocycles. The Bertz CT molecular complexity index is 623. The highest BCUT2D eigenvalue weighted by atomic mass is 32.1. The first-order valence-corrected chi connectivity index (χ1v) is 7.49. The number of hydrogen-bond acceptors (Lipinski definition) is 7. The van der Waals surface area contributed by atoms with E-state index in [2.05, 4.69) is 12.6 Å². The second-order valence-electron chi connectivity index (χ2n) is 6.31. The lowest BCUT2D eigenvalue weighted by atomic mass is 9.70. The fourth-order valence-corrected chi connectivity index (χ4v) is 3.51. The Balaban J connectivity index is 0.000000174. The van der Waals surface area contributed by atoms with Crippen molar-refractivity contribution in [3.8, 4) is 0 Å². The molecule has 0 spiro atoms. The summed E-state index contributed by atoms with van der Waals surface area (Å²) in [5, 5.41) is 2.67. The smallest absolute Gasteiger partial charge is 0.302 e. The van der Waals surface area contributed by atoms with Gasteiger partial charge < -0.3 is 4.79 Å². The van der Waals surface area contributed by atoms with Gasteiger partial charge in [0.15, 0.2) is 5.25 Å². The summed E-state index contributed by atoms with van der Waals surface area (Å²) in [6, 6.07) is -0.791. The predicted molar refractivity (Wildman–Crippen MR) is 79.5 cm³/mol. The zero-order valence-corrected chi connectivity index (χ0v) is 13.4. The van der Waals surface area contributed by atoms with Gasteiger partial charge in [0.25, 0.3) is 0 Å². The quantitative estimate of drug-likeness (QED) is 0.253. The van der Waals surface area contributed by atoms with E-state index in [1.807, 2.05) is 24.5 Å². The van der Waals surface area contributed by atoms with Crippen LogP contribution in [0.5, 0.6) is 0 Å². The van der Waals surface area contributed by atoms with E-state index in [-0.39, 0.29) is 11.7 Å². The maximum Gasteiger partial charge on any atom is 0.328 e. The Hall–Kier alpha value is -2.03. The van der Waals surface area contributed by atoms with E-state index in [9.17, 15) is 28.8 Å². The number of ketones is 2. The maximum absolute atomic E-state index is 11.6. The molecule has 2 bridgehead atoms. The Morgan fingerprint density at radius 1 is 1.09 bits per heavy atom. The number of carbonyl (C=O) groups excluding carboxylic acids is 6. The molecule has 2 saturated carbocycles. The third kappa shape index (κ3) is 2.39.